The minimum absolute atomic E-state index is 0.268. The SMILES string of the molecule is Nc1ccc(OCCn2[nH]c(=O)ccc2=O)cc1. The molecule has 6 heteroatoms. The molecule has 0 atom stereocenters. The van der Waals surface area contributed by atoms with Gasteiger partial charge in [-0.1, -0.05) is 0 Å². The minimum Gasteiger partial charge on any atom is -0.492 e. The molecule has 0 radical (unpaired) electrons. The van der Waals surface area contributed by atoms with E-state index in [1.165, 1.54) is 16.8 Å². The third-order valence-corrected chi connectivity index (χ3v) is 2.35. The van der Waals surface area contributed by atoms with Crippen LogP contribution in [0.5, 0.6) is 5.75 Å². The van der Waals surface area contributed by atoms with Gasteiger partial charge in [-0.15, -0.1) is 0 Å². The zero-order chi connectivity index (χ0) is 13.0. The monoisotopic (exact) mass is 247 g/mol. The van der Waals surface area contributed by atoms with Crippen molar-refractivity contribution in [3.05, 3.63) is 57.1 Å². The summed E-state index contributed by atoms with van der Waals surface area (Å²) in [6.45, 7) is 0.559. The number of nitrogen functional groups attached to an aromatic ring is 1. The van der Waals surface area contributed by atoms with Gasteiger partial charge < -0.3 is 10.5 Å². The summed E-state index contributed by atoms with van der Waals surface area (Å²) in [5.74, 6) is 0.663. The van der Waals surface area contributed by atoms with Crippen LogP contribution in [-0.2, 0) is 6.54 Å². The predicted molar refractivity (Wildman–Crippen MR) is 67.7 cm³/mol. The molecule has 2 rings (SSSR count). The fourth-order valence-corrected chi connectivity index (χ4v) is 1.45. The maximum Gasteiger partial charge on any atom is 0.265 e. The Bertz CT molecular complexity index is 628. The quantitative estimate of drug-likeness (QED) is 0.755. The Labute approximate surface area is 103 Å². The highest BCUT2D eigenvalue weighted by atomic mass is 16.5. The van der Waals surface area contributed by atoms with Crippen molar-refractivity contribution in [1.29, 1.82) is 0 Å². The van der Waals surface area contributed by atoms with Gasteiger partial charge in [0.1, 0.15) is 12.4 Å². The molecule has 0 amide bonds. The first-order chi connectivity index (χ1) is 8.65. The van der Waals surface area contributed by atoms with E-state index in [1.807, 2.05) is 0 Å². The lowest BCUT2D eigenvalue weighted by atomic mass is 10.3. The maximum absolute atomic E-state index is 11.4. The molecule has 0 spiro atoms. The Kier molecular flexibility index (Phi) is 3.47. The number of benzene rings is 1. The second-order valence-corrected chi connectivity index (χ2v) is 3.72. The van der Waals surface area contributed by atoms with Crippen LogP contribution in [0.1, 0.15) is 0 Å². The molecule has 0 saturated carbocycles. The van der Waals surface area contributed by atoms with E-state index in [0.29, 0.717) is 11.4 Å². The fourth-order valence-electron chi connectivity index (χ4n) is 1.45. The summed E-state index contributed by atoms with van der Waals surface area (Å²) < 4.78 is 6.63. The number of aromatic amines is 1. The number of nitrogens with two attached hydrogens (primary N) is 1. The van der Waals surface area contributed by atoms with Gasteiger partial charge in [0.2, 0.25) is 0 Å². The van der Waals surface area contributed by atoms with E-state index in [0.717, 1.165) is 0 Å². The third-order valence-electron chi connectivity index (χ3n) is 2.35. The van der Waals surface area contributed by atoms with Gasteiger partial charge in [0.15, 0.2) is 0 Å². The van der Waals surface area contributed by atoms with E-state index in [1.54, 1.807) is 24.3 Å². The second-order valence-electron chi connectivity index (χ2n) is 3.72. The Morgan fingerprint density at radius 3 is 2.56 bits per heavy atom. The average Bonchev–Trinajstić information content (AvgIpc) is 2.36. The van der Waals surface area contributed by atoms with E-state index >= 15 is 0 Å². The molecule has 0 aliphatic rings. The highest BCUT2D eigenvalue weighted by Gasteiger charge is 1.97. The van der Waals surface area contributed by atoms with Crippen LogP contribution in [0.25, 0.3) is 0 Å². The van der Waals surface area contributed by atoms with Crippen LogP contribution < -0.4 is 21.6 Å². The Morgan fingerprint density at radius 1 is 1.11 bits per heavy atom. The molecular weight excluding hydrogens is 234 g/mol. The van der Waals surface area contributed by atoms with Crippen LogP contribution in [-0.4, -0.2) is 16.4 Å². The Morgan fingerprint density at radius 2 is 1.83 bits per heavy atom. The van der Waals surface area contributed by atoms with E-state index in [2.05, 4.69) is 5.10 Å². The van der Waals surface area contributed by atoms with Gasteiger partial charge in [-0.05, 0) is 24.3 Å². The first-order valence-electron chi connectivity index (χ1n) is 5.44. The molecule has 18 heavy (non-hydrogen) atoms. The molecular formula is C12H13N3O3. The lowest BCUT2D eigenvalue weighted by molar-refractivity contribution is 0.287. The topological polar surface area (TPSA) is 90.1 Å². The van der Waals surface area contributed by atoms with E-state index in [9.17, 15) is 9.59 Å². The highest BCUT2D eigenvalue weighted by molar-refractivity contribution is 5.41. The molecule has 0 saturated heterocycles. The van der Waals surface area contributed by atoms with Crippen LogP contribution in [0.15, 0.2) is 46.0 Å². The predicted octanol–water partition coefficient (Wildman–Crippen LogP) is 0.198. The van der Waals surface area contributed by atoms with Crippen molar-refractivity contribution < 1.29 is 4.74 Å². The van der Waals surface area contributed by atoms with Crippen LogP contribution >= 0.6 is 0 Å². The van der Waals surface area contributed by atoms with Crippen molar-refractivity contribution >= 4 is 5.69 Å². The number of anilines is 1. The average molecular weight is 247 g/mol. The minimum atomic E-state index is -0.318. The lowest BCUT2D eigenvalue weighted by Crippen LogP contribution is -2.29. The van der Waals surface area contributed by atoms with Gasteiger partial charge in [0.05, 0.1) is 6.54 Å². The van der Waals surface area contributed by atoms with E-state index in [-0.39, 0.29) is 24.3 Å². The number of hydrogen-bond acceptors (Lipinski definition) is 4. The van der Waals surface area contributed by atoms with Gasteiger partial charge in [-0.3, -0.25) is 14.7 Å². The highest BCUT2D eigenvalue weighted by Crippen LogP contribution is 2.12. The zero-order valence-electron chi connectivity index (χ0n) is 9.63. The smallest absolute Gasteiger partial charge is 0.265 e. The first-order valence-corrected chi connectivity index (χ1v) is 5.44. The molecule has 1 aromatic heterocycles. The molecule has 2 aromatic rings. The van der Waals surface area contributed by atoms with Crippen molar-refractivity contribution in [1.82, 2.24) is 9.78 Å². The summed E-state index contributed by atoms with van der Waals surface area (Å²) in [5.41, 5.74) is 5.61. The van der Waals surface area contributed by atoms with Gasteiger partial charge in [-0.2, -0.15) is 0 Å². The molecule has 1 heterocycles. The van der Waals surface area contributed by atoms with Crippen molar-refractivity contribution in [3.8, 4) is 5.75 Å². The molecule has 0 fully saturated rings. The Hall–Kier alpha value is -2.50. The molecule has 0 aliphatic heterocycles. The van der Waals surface area contributed by atoms with Crippen molar-refractivity contribution in [2.45, 2.75) is 6.54 Å². The van der Waals surface area contributed by atoms with E-state index in [4.69, 9.17) is 10.5 Å². The first kappa shape index (κ1) is 12.0. The summed E-state index contributed by atoms with van der Waals surface area (Å²) >= 11 is 0. The number of nitrogens with one attached hydrogen (secondary N) is 1. The van der Waals surface area contributed by atoms with Crippen molar-refractivity contribution in [3.63, 3.8) is 0 Å². The standard InChI is InChI=1S/C12H13N3O3/c13-9-1-3-10(4-2-9)18-8-7-15-12(17)6-5-11(16)14-15/h1-6H,7-8,13H2,(H,14,16). The normalized spacial score (nSPS) is 10.2. The van der Waals surface area contributed by atoms with Crippen molar-refractivity contribution in [2.24, 2.45) is 0 Å². The van der Waals surface area contributed by atoms with Crippen LogP contribution in [0.2, 0.25) is 0 Å². The number of aromatic nitrogens is 2. The summed E-state index contributed by atoms with van der Waals surface area (Å²) in [6.07, 6.45) is 0. The van der Waals surface area contributed by atoms with Gasteiger partial charge in [-0.25, -0.2) is 4.68 Å². The summed E-state index contributed by atoms with van der Waals surface area (Å²) in [4.78, 5) is 22.4. The number of rotatable bonds is 4. The Balaban J connectivity index is 1.96. The number of H-pyrrole nitrogens is 1. The molecule has 0 aliphatic carbocycles. The van der Waals surface area contributed by atoms with Gasteiger partial charge in [0.25, 0.3) is 11.1 Å². The van der Waals surface area contributed by atoms with Crippen molar-refractivity contribution in [2.75, 3.05) is 12.3 Å². The number of ether oxygens (including phenoxy) is 1. The second kappa shape index (κ2) is 5.22. The molecule has 0 unspecified atom stereocenters. The lowest BCUT2D eigenvalue weighted by Gasteiger charge is -2.07. The van der Waals surface area contributed by atoms with Gasteiger partial charge in [0, 0.05) is 17.8 Å². The molecule has 1 aromatic carbocycles. The molecule has 3 N–H and O–H groups in total. The van der Waals surface area contributed by atoms with Crippen LogP contribution in [0, 0.1) is 0 Å². The molecule has 6 nitrogen and oxygen atoms in total. The molecule has 94 valence electrons. The summed E-state index contributed by atoms with van der Waals surface area (Å²) in [6, 6.07) is 9.36. The summed E-state index contributed by atoms with van der Waals surface area (Å²) in [5, 5.41) is 2.42. The van der Waals surface area contributed by atoms with Crippen LogP contribution in [0.4, 0.5) is 5.69 Å². The zero-order valence-corrected chi connectivity index (χ0v) is 9.63. The molecule has 0 bridgehead atoms. The van der Waals surface area contributed by atoms with Crippen LogP contribution in [0.3, 0.4) is 0 Å². The summed E-state index contributed by atoms with van der Waals surface area (Å²) in [7, 11) is 0. The third kappa shape index (κ3) is 3.00. The fraction of sp³-hybridized carbons (Fsp3) is 0.167. The number of nitrogens with zero attached hydrogens (tertiary/aromatic N) is 1. The number of hydrogen-bond donors (Lipinski definition) is 2. The van der Waals surface area contributed by atoms with Gasteiger partial charge >= 0.3 is 0 Å². The van der Waals surface area contributed by atoms with E-state index < -0.39 is 0 Å². The maximum atomic E-state index is 11.4. The largest absolute Gasteiger partial charge is 0.492 e.